The van der Waals surface area contributed by atoms with Crippen molar-refractivity contribution in [2.45, 2.75) is 25.3 Å². The normalized spacial score (nSPS) is 18.9. The number of carbonyl (C=O) groups excluding carboxylic acids is 2. The molecule has 0 fully saturated rings. The van der Waals surface area contributed by atoms with E-state index in [0.29, 0.717) is 19.4 Å². The van der Waals surface area contributed by atoms with Gasteiger partial charge in [-0.2, -0.15) is 0 Å². The number of amides is 2. The van der Waals surface area contributed by atoms with E-state index in [4.69, 9.17) is 22.9 Å². The van der Waals surface area contributed by atoms with Crippen LogP contribution < -0.4 is 33.6 Å². The van der Waals surface area contributed by atoms with Gasteiger partial charge in [-0.3, -0.25) is 24.9 Å². The Bertz CT molecular complexity index is 458. The van der Waals surface area contributed by atoms with Gasteiger partial charge in [-0.05, 0) is 12.8 Å². The summed E-state index contributed by atoms with van der Waals surface area (Å²) in [6.07, 6.45) is 1.52. The van der Waals surface area contributed by atoms with Crippen LogP contribution in [0.2, 0.25) is 0 Å². The minimum atomic E-state index is -0.408. The highest BCUT2D eigenvalue weighted by Crippen LogP contribution is 2.03. The van der Waals surface area contributed by atoms with Crippen LogP contribution >= 0.6 is 0 Å². The monoisotopic (exact) mass is 312 g/mol. The molecule has 0 radical (unpaired) electrons. The Morgan fingerprint density at radius 3 is 2.86 bits per heavy atom. The summed E-state index contributed by atoms with van der Waals surface area (Å²) in [7, 11) is 0. The molecule has 2 atom stereocenters. The highest BCUT2D eigenvalue weighted by Gasteiger charge is 2.23. The average molecular weight is 312 g/mol. The quantitative estimate of drug-likeness (QED) is 0.157. The topological polar surface area (TPSA) is 187 Å². The third-order valence-electron chi connectivity index (χ3n) is 3.12. The molecule has 0 saturated heterocycles. The first kappa shape index (κ1) is 17.7. The van der Waals surface area contributed by atoms with E-state index in [2.05, 4.69) is 20.6 Å². The molecule has 1 unspecified atom stereocenters. The maximum atomic E-state index is 11.8. The Kier molecular flexibility index (Phi) is 7.09. The molecule has 10 nitrogen and oxygen atoms in total. The summed E-state index contributed by atoms with van der Waals surface area (Å²) in [6.45, 7) is 0.962. The fourth-order valence-electron chi connectivity index (χ4n) is 1.93. The Hall–Kier alpha value is -2.36. The number of hydrogen-bond donors (Lipinski definition) is 6. The van der Waals surface area contributed by atoms with Gasteiger partial charge in [-0.15, -0.1) is 0 Å². The van der Waals surface area contributed by atoms with Crippen molar-refractivity contribution in [3.63, 3.8) is 0 Å². The van der Waals surface area contributed by atoms with Crippen molar-refractivity contribution in [1.82, 2.24) is 10.6 Å². The van der Waals surface area contributed by atoms with Gasteiger partial charge >= 0.3 is 0 Å². The molecule has 1 rings (SSSR count). The smallest absolute Gasteiger partial charge is 0.233 e. The van der Waals surface area contributed by atoms with Gasteiger partial charge in [0, 0.05) is 25.6 Å². The summed E-state index contributed by atoms with van der Waals surface area (Å²) < 4.78 is 0. The molecule has 1 aliphatic heterocycles. The zero-order valence-corrected chi connectivity index (χ0v) is 12.4. The summed E-state index contributed by atoms with van der Waals surface area (Å²) in [6, 6.07) is -0.275. The molecule has 0 aromatic heterocycles. The van der Waals surface area contributed by atoms with Crippen molar-refractivity contribution in [1.29, 1.82) is 0 Å². The highest BCUT2D eigenvalue weighted by atomic mass is 16.2. The molecule has 1 aliphatic rings. The van der Waals surface area contributed by atoms with Crippen LogP contribution in [0, 0.1) is 5.92 Å². The molecule has 0 bridgehead atoms. The molecule has 2 amide bonds. The molecule has 0 aromatic rings. The second-order valence-corrected chi connectivity index (χ2v) is 5.13. The van der Waals surface area contributed by atoms with E-state index < -0.39 is 5.92 Å². The number of aliphatic imine (C=N–C) groups is 2. The van der Waals surface area contributed by atoms with Crippen LogP contribution in [0.4, 0.5) is 0 Å². The maximum absolute atomic E-state index is 11.8. The van der Waals surface area contributed by atoms with E-state index in [0.717, 1.165) is 0 Å². The summed E-state index contributed by atoms with van der Waals surface area (Å²) in [5.74, 6) is -0.705. The number of nitrogens with two attached hydrogens (primary N) is 4. The lowest BCUT2D eigenvalue weighted by Gasteiger charge is -2.20. The van der Waals surface area contributed by atoms with Gasteiger partial charge in [0.15, 0.2) is 11.9 Å². The van der Waals surface area contributed by atoms with E-state index in [-0.39, 0.29) is 49.3 Å². The minimum Gasteiger partial charge on any atom is -0.370 e. The van der Waals surface area contributed by atoms with Gasteiger partial charge in [-0.1, -0.05) is 0 Å². The molecular formula is C12H24N8O2. The molecule has 124 valence electrons. The van der Waals surface area contributed by atoms with Gasteiger partial charge in [0.05, 0.1) is 12.5 Å². The largest absolute Gasteiger partial charge is 0.370 e. The van der Waals surface area contributed by atoms with Crippen LogP contribution in [-0.4, -0.2) is 49.4 Å². The van der Waals surface area contributed by atoms with E-state index in [1.54, 1.807) is 0 Å². The number of nitrogens with one attached hydrogen (secondary N) is 2. The van der Waals surface area contributed by atoms with Gasteiger partial charge in [-0.25, -0.2) is 0 Å². The number of nitrogens with zero attached hydrogens (tertiary/aromatic N) is 2. The zero-order valence-electron chi connectivity index (χ0n) is 12.4. The van der Waals surface area contributed by atoms with Gasteiger partial charge < -0.3 is 28.3 Å². The third-order valence-corrected chi connectivity index (χ3v) is 3.12. The Labute approximate surface area is 128 Å². The molecule has 10 heteroatoms. The van der Waals surface area contributed by atoms with Crippen LogP contribution in [0.3, 0.4) is 0 Å². The summed E-state index contributed by atoms with van der Waals surface area (Å²) in [5.41, 5.74) is 21.6. The molecular weight excluding hydrogens is 288 g/mol. The standard InChI is InChI=1S/C12H24N8O2/c13-8(2-1-3-17-11(14)15)4-9(21)18-5-7-6-19-12(16)20-10(7)22/h7-8H,1-6,13H2,(H,18,21)(H4,14,15,17)(H3,16,19,20,22)/t7?,8-/m0/s1. The number of carbonyl (C=O) groups is 2. The molecule has 22 heavy (non-hydrogen) atoms. The Morgan fingerprint density at radius 2 is 2.23 bits per heavy atom. The average Bonchev–Trinajstić information content (AvgIpc) is 2.42. The van der Waals surface area contributed by atoms with Crippen LogP contribution in [0.1, 0.15) is 19.3 Å². The fourth-order valence-corrected chi connectivity index (χ4v) is 1.93. The lowest BCUT2D eigenvalue weighted by Crippen LogP contribution is -2.49. The van der Waals surface area contributed by atoms with Gasteiger partial charge in [0.25, 0.3) is 0 Å². The Balaban J connectivity index is 2.20. The number of guanidine groups is 2. The van der Waals surface area contributed by atoms with Crippen molar-refractivity contribution in [3.8, 4) is 0 Å². The van der Waals surface area contributed by atoms with Crippen molar-refractivity contribution in [2.24, 2.45) is 38.8 Å². The SMILES string of the molecule is NC(N)=NCCC[C@H](N)CC(=O)NCC1CN=C(N)NC1=O. The van der Waals surface area contributed by atoms with Crippen LogP contribution in [0.25, 0.3) is 0 Å². The predicted molar refractivity (Wildman–Crippen MR) is 83.6 cm³/mol. The zero-order chi connectivity index (χ0) is 16.5. The lowest BCUT2D eigenvalue weighted by molar-refractivity contribution is -0.124. The summed E-state index contributed by atoms with van der Waals surface area (Å²) in [4.78, 5) is 31.1. The molecule has 10 N–H and O–H groups in total. The predicted octanol–water partition coefficient (Wildman–Crippen LogP) is -3.07. The lowest BCUT2D eigenvalue weighted by atomic mass is 10.1. The van der Waals surface area contributed by atoms with Gasteiger partial charge in [0.1, 0.15) is 0 Å². The van der Waals surface area contributed by atoms with Crippen LogP contribution in [0.5, 0.6) is 0 Å². The van der Waals surface area contributed by atoms with Gasteiger partial charge in [0.2, 0.25) is 11.8 Å². The first-order valence-electron chi connectivity index (χ1n) is 7.07. The van der Waals surface area contributed by atoms with Crippen molar-refractivity contribution in [2.75, 3.05) is 19.6 Å². The second-order valence-electron chi connectivity index (χ2n) is 5.13. The summed E-state index contributed by atoms with van der Waals surface area (Å²) in [5, 5.41) is 5.10. The molecule has 0 spiro atoms. The highest BCUT2D eigenvalue weighted by molar-refractivity contribution is 5.99. The van der Waals surface area contributed by atoms with Crippen molar-refractivity contribution < 1.29 is 9.59 Å². The fraction of sp³-hybridized carbons (Fsp3) is 0.667. The van der Waals surface area contributed by atoms with Crippen molar-refractivity contribution >= 4 is 23.7 Å². The maximum Gasteiger partial charge on any atom is 0.233 e. The summed E-state index contributed by atoms with van der Waals surface area (Å²) >= 11 is 0. The molecule has 1 heterocycles. The van der Waals surface area contributed by atoms with E-state index in [9.17, 15) is 9.59 Å². The van der Waals surface area contributed by atoms with E-state index in [1.807, 2.05) is 0 Å². The molecule has 0 saturated carbocycles. The van der Waals surface area contributed by atoms with Crippen molar-refractivity contribution in [3.05, 3.63) is 0 Å². The molecule has 0 aromatic carbocycles. The molecule has 0 aliphatic carbocycles. The Morgan fingerprint density at radius 1 is 1.50 bits per heavy atom. The minimum absolute atomic E-state index is 0.0420. The second kappa shape index (κ2) is 8.82. The first-order chi connectivity index (χ1) is 10.4. The number of hydrogen-bond acceptors (Lipinski definition) is 6. The van der Waals surface area contributed by atoms with Crippen LogP contribution in [0.15, 0.2) is 9.98 Å². The third kappa shape index (κ3) is 6.88. The van der Waals surface area contributed by atoms with E-state index >= 15 is 0 Å². The number of rotatable bonds is 8. The first-order valence-corrected chi connectivity index (χ1v) is 7.07. The van der Waals surface area contributed by atoms with Crippen LogP contribution in [-0.2, 0) is 9.59 Å². The van der Waals surface area contributed by atoms with E-state index in [1.165, 1.54) is 0 Å².